The summed E-state index contributed by atoms with van der Waals surface area (Å²) in [6.07, 6.45) is 3.78. The number of carbonyl (C=O) groups excluding carboxylic acids is 1. The predicted molar refractivity (Wildman–Crippen MR) is 107 cm³/mol. The summed E-state index contributed by atoms with van der Waals surface area (Å²) in [4.78, 5) is 12.5. The molecule has 0 spiro atoms. The lowest BCUT2D eigenvalue weighted by atomic mass is 10.0. The minimum Gasteiger partial charge on any atom is -0.508 e. The van der Waals surface area contributed by atoms with Crippen LogP contribution in [0.4, 0.5) is 5.69 Å². The fourth-order valence-electron chi connectivity index (χ4n) is 2.79. The average Bonchev–Trinajstić information content (AvgIpc) is 2.69. The van der Waals surface area contributed by atoms with E-state index < -0.39 is 5.91 Å². The van der Waals surface area contributed by atoms with E-state index in [2.05, 4.69) is 10.6 Å². The maximum absolute atomic E-state index is 12.5. The molecule has 0 saturated heterocycles. The van der Waals surface area contributed by atoms with E-state index in [0.29, 0.717) is 6.54 Å². The summed E-state index contributed by atoms with van der Waals surface area (Å²) >= 11 is 0. The van der Waals surface area contributed by atoms with E-state index in [1.54, 1.807) is 12.1 Å². The van der Waals surface area contributed by atoms with Crippen molar-refractivity contribution >= 4 is 11.6 Å². The molecular formula is C22H25N3O2. The van der Waals surface area contributed by atoms with Crippen molar-refractivity contribution in [1.82, 2.24) is 5.32 Å². The number of nitriles is 1. The van der Waals surface area contributed by atoms with Crippen LogP contribution < -0.4 is 10.6 Å². The first kappa shape index (κ1) is 20.1. The van der Waals surface area contributed by atoms with Crippen LogP contribution in [0.1, 0.15) is 30.5 Å². The van der Waals surface area contributed by atoms with Crippen molar-refractivity contribution < 1.29 is 9.90 Å². The maximum Gasteiger partial charge on any atom is 0.267 e. The molecule has 5 heteroatoms. The highest BCUT2D eigenvalue weighted by Crippen LogP contribution is 2.23. The van der Waals surface area contributed by atoms with Gasteiger partial charge in [0.05, 0.1) is 0 Å². The van der Waals surface area contributed by atoms with Crippen molar-refractivity contribution in [2.45, 2.75) is 33.1 Å². The molecule has 0 atom stereocenters. The summed E-state index contributed by atoms with van der Waals surface area (Å²) in [5.41, 5.74) is 4.01. The van der Waals surface area contributed by atoms with Crippen LogP contribution in [-0.2, 0) is 24.1 Å². The summed E-state index contributed by atoms with van der Waals surface area (Å²) < 4.78 is 0. The number of aromatic hydroxyl groups is 1. The third-order valence-electron chi connectivity index (χ3n) is 4.34. The first-order valence-electron chi connectivity index (χ1n) is 9.12. The first-order chi connectivity index (χ1) is 13.1. The number of nitrogens with one attached hydrogen (secondary N) is 2. The molecule has 0 heterocycles. The molecule has 3 N–H and O–H groups in total. The normalized spacial score (nSPS) is 10.9. The van der Waals surface area contributed by atoms with Gasteiger partial charge in [0, 0.05) is 18.4 Å². The van der Waals surface area contributed by atoms with Crippen LogP contribution in [0.25, 0.3) is 0 Å². The molecule has 0 aliphatic heterocycles. The first-order valence-corrected chi connectivity index (χ1v) is 9.12. The Morgan fingerprint density at radius 1 is 1.11 bits per heavy atom. The second kappa shape index (κ2) is 10.0. The SMILES string of the molecule is CCc1cccc(CC)c1NC(=O)/C(C#N)=C\NCCc1ccc(O)cc1. The molecule has 2 rings (SSSR count). The molecule has 2 aromatic rings. The summed E-state index contributed by atoms with van der Waals surface area (Å²) in [6, 6.07) is 14.9. The van der Waals surface area contributed by atoms with Crippen LogP contribution in [-0.4, -0.2) is 17.6 Å². The molecule has 5 nitrogen and oxygen atoms in total. The van der Waals surface area contributed by atoms with Crippen LogP contribution in [0.3, 0.4) is 0 Å². The zero-order chi connectivity index (χ0) is 19.6. The Morgan fingerprint density at radius 3 is 2.30 bits per heavy atom. The van der Waals surface area contributed by atoms with Gasteiger partial charge in [-0.2, -0.15) is 5.26 Å². The Bertz CT molecular complexity index is 827. The maximum atomic E-state index is 12.5. The van der Waals surface area contributed by atoms with Crippen LogP contribution >= 0.6 is 0 Å². The van der Waals surface area contributed by atoms with Crippen molar-refractivity contribution in [3.63, 3.8) is 0 Å². The van der Waals surface area contributed by atoms with Crippen LogP contribution in [0, 0.1) is 11.3 Å². The number of amides is 1. The summed E-state index contributed by atoms with van der Waals surface area (Å²) in [6.45, 7) is 4.65. The topological polar surface area (TPSA) is 85.2 Å². The van der Waals surface area contributed by atoms with Gasteiger partial charge >= 0.3 is 0 Å². The summed E-state index contributed by atoms with van der Waals surface area (Å²) in [5.74, 6) is -0.181. The van der Waals surface area contributed by atoms with Crippen molar-refractivity contribution in [1.29, 1.82) is 5.26 Å². The van der Waals surface area contributed by atoms with Crippen molar-refractivity contribution in [3.05, 3.63) is 70.9 Å². The second-order valence-electron chi connectivity index (χ2n) is 6.15. The van der Waals surface area contributed by atoms with Crippen LogP contribution in [0.15, 0.2) is 54.2 Å². The third kappa shape index (κ3) is 5.61. The van der Waals surface area contributed by atoms with Gasteiger partial charge in [0.1, 0.15) is 17.4 Å². The van der Waals surface area contributed by atoms with Crippen LogP contribution in [0.5, 0.6) is 5.75 Å². The van der Waals surface area contributed by atoms with E-state index in [1.165, 1.54) is 6.20 Å². The number of anilines is 1. The van der Waals surface area contributed by atoms with Crippen molar-refractivity contribution in [3.8, 4) is 11.8 Å². The lowest BCUT2D eigenvalue weighted by molar-refractivity contribution is -0.112. The number of hydrogen-bond donors (Lipinski definition) is 3. The van der Waals surface area contributed by atoms with Gasteiger partial charge in [0.2, 0.25) is 0 Å². The quantitative estimate of drug-likeness (QED) is 0.379. The van der Waals surface area contributed by atoms with Crippen molar-refractivity contribution in [2.24, 2.45) is 0 Å². The van der Waals surface area contributed by atoms with Gasteiger partial charge in [0.15, 0.2) is 0 Å². The number of nitrogens with zero attached hydrogens (tertiary/aromatic N) is 1. The Labute approximate surface area is 160 Å². The molecule has 2 aromatic carbocycles. The van der Waals surface area contributed by atoms with Gasteiger partial charge in [-0.1, -0.05) is 44.2 Å². The van der Waals surface area contributed by atoms with Gasteiger partial charge in [-0.3, -0.25) is 4.79 Å². The third-order valence-corrected chi connectivity index (χ3v) is 4.34. The van der Waals surface area contributed by atoms with E-state index in [-0.39, 0.29) is 11.3 Å². The fraction of sp³-hybridized carbons (Fsp3) is 0.273. The molecule has 140 valence electrons. The summed E-state index contributed by atoms with van der Waals surface area (Å²) in [5, 5.41) is 24.5. The number of phenolic OH excluding ortho intramolecular Hbond substituents is 1. The Morgan fingerprint density at radius 2 is 1.74 bits per heavy atom. The van der Waals surface area contributed by atoms with E-state index in [9.17, 15) is 15.2 Å². The molecule has 27 heavy (non-hydrogen) atoms. The fourth-order valence-corrected chi connectivity index (χ4v) is 2.79. The number of aryl methyl sites for hydroxylation is 2. The van der Waals surface area contributed by atoms with E-state index in [4.69, 9.17) is 0 Å². The molecule has 0 saturated carbocycles. The zero-order valence-corrected chi connectivity index (χ0v) is 15.7. The molecule has 0 unspecified atom stereocenters. The standard InChI is InChI=1S/C22H25N3O2/c1-3-17-6-5-7-18(4-2)21(17)25-22(27)19(14-23)15-24-13-12-16-8-10-20(26)11-9-16/h5-11,15,24,26H,3-4,12-13H2,1-2H3,(H,25,27)/b19-15-. The summed E-state index contributed by atoms with van der Waals surface area (Å²) in [7, 11) is 0. The number of benzene rings is 2. The number of hydrogen-bond acceptors (Lipinski definition) is 4. The van der Waals surface area contributed by atoms with E-state index in [0.717, 1.165) is 41.6 Å². The smallest absolute Gasteiger partial charge is 0.267 e. The Balaban J connectivity index is 2.00. The average molecular weight is 363 g/mol. The van der Waals surface area contributed by atoms with Gasteiger partial charge < -0.3 is 15.7 Å². The molecule has 0 radical (unpaired) electrons. The minimum absolute atomic E-state index is 0.0358. The second-order valence-corrected chi connectivity index (χ2v) is 6.15. The number of carbonyl (C=O) groups is 1. The predicted octanol–water partition coefficient (Wildman–Crippen LogP) is 3.70. The van der Waals surface area contributed by atoms with Gasteiger partial charge in [-0.05, 0) is 48.1 Å². The number of rotatable bonds is 8. The van der Waals surface area contributed by atoms with E-state index in [1.807, 2.05) is 50.2 Å². The van der Waals surface area contributed by atoms with Gasteiger partial charge in [0.25, 0.3) is 5.91 Å². The highest BCUT2D eigenvalue weighted by Gasteiger charge is 2.13. The van der Waals surface area contributed by atoms with Gasteiger partial charge in [-0.25, -0.2) is 0 Å². The molecule has 0 bridgehead atoms. The zero-order valence-electron chi connectivity index (χ0n) is 15.7. The minimum atomic E-state index is -0.412. The van der Waals surface area contributed by atoms with Crippen LogP contribution in [0.2, 0.25) is 0 Å². The monoisotopic (exact) mass is 363 g/mol. The number of phenols is 1. The molecule has 0 aliphatic rings. The molecular weight excluding hydrogens is 338 g/mol. The lowest BCUT2D eigenvalue weighted by Gasteiger charge is -2.14. The highest BCUT2D eigenvalue weighted by molar-refractivity contribution is 6.07. The molecule has 0 fully saturated rings. The molecule has 0 aromatic heterocycles. The largest absolute Gasteiger partial charge is 0.508 e. The molecule has 1 amide bonds. The number of para-hydroxylation sites is 1. The lowest BCUT2D eigenvalue weighted by Crippen LogP contribution is -2.19. The van der Waals surface area contributed by atoms with E-state index >= 15 is 0 Å². The Hall–Kier alpha value is -3.26. The highest BCUT2D eigenvalue weighted by atomic mass is 16.3. The Kier molecular flexibility index (Phi) is 7.45. The van der Waals surface area contributed by atoms with Gasteiger partial charge in [-0.15, -0.1) is 0 Å². The molecule has 0 aliphatic carbocycles. The van der Waals surface area contributed by atoms with Crippen molar-refractivity contribution in [2.75, 3.05) is 11.9 Å².